The van der Waals surface area contributed by atoms with Gasteiger partial charge >= 0.3 is 5.97 Å². The third kappa shape index (κ3) is 4.94. The Balaban J connectivity index is 0.00000264. The number of benzene rings is 1. The molecule has 2 rings (SSSR count). The molecule has 5 nitrogen and oxygen atoms in total. The molecular formula is C17H25ClN2O3. The average molecular weight is 341 g/mol. The van der Waals surface area contributed by atoms with Gasteiger partial charge in [-0.3, -0.25) is 4.79 Å². The van der Waals surface area contributed by atoms with Gasteiger partial charge in [0.05, 0.1) is 18.1 Å². The lowest BCUT2D eigenvalue weighted by Crippen LogP contribution is -2.51. The Labute approximate surface area is 143 Å². The number of nitrogens with two attached hydrogens (primary N) is 1. The Kier molecular flexibility index (Phi) is 7.03. The molecule has 1 aliphatic carbocycles. The maximum absolute atomic E-state index is 12.4. The molecule has 128 valence electrons. The van der Waals surface area contributed by atoms with Crippen molar-refractivity contribution in [3.8, 4) is 0 Å². The molecule has 1 aromatic carbocycles. The number of nitrogens with one attached hydrogen (secondary N) is 1. The number of carbonyl (C=O) groups excluding carboxylic acids is 2. The van der Waals surface area contributed by atoms with Crippen LogP contribution < -0.4 is 11.1 Å². The van der Waals surface area contributed by atoms with Gasteiger partial charge in [0.15, 0.2) is 0 Å². The van der Waals surface area contributed by atoms with E-state index in [1.807, 2.05) is 6.92 Å². The van der Waals surface area contributed by atoms with Crippen LogP contribution in [0, 0.1) is 5.92 Å². The molecule has 6 heteroatoms. The summed E-state index contributed by atoms with van der Waals surface area (Å²) in [6.45, 7) is 4.05. The van der Waals surface area contributed by atoms with Gasteiger partial charge in [0.2, 0.25) is 5.91 Å². The lowest BCUT2D eigenvalue weighted by molar-refractivity contribution is -0.122. The fourth-order valence-electron chi connectivity index (χ4n) is 2.92. The van der Waals surface area contributed by atoms with E-state index in [9.17, 15) is 9.59 Å². The first kappa shape index (κ1) is 19.5. The summed E-state index contributed by atoms with van der Waals surface area (Å²) in [6, 6.07) is 6.72. The molecule has 0 spiro atoms. The minimum Gasteiger partial charge on any atom is -0.462 e. The van der Waals surface area contributed by atoms with Crippen LogP contribution in [0.1, 0.15) is 49.9 Å². The van der Waals surface area contributed by atoms with E-state index in [0.29, 0.717) is 17.9 Å². The molecule has 3 N–H and O–H groups in total. The van der Waals surface area contributed by atoms with Crippen LogP contribution in [0.3, 0.4) is 0 Å². The summed E-state index contributed by atoms with van der Waals surface area (Å²) in [5.41, 5.74) is 6.94. The molecule has 0 radical (unpaired) electrons. The summed E-state index contributed by atoms with van der Waals surface area (Å²) in [5.74, 6) is -0.582. The molecule has 2 atom stereocenters. The number of ether oxygens (including phenoxy) is 1. The molecule has 2 unspecified atom stereocenters. The number of hydrogen-bond donors (Lipinski definition) is 2. The smallest absolute Gasteiger partial charge is 0.338 e. The molecule has 1 aliphatic rings. The maximum atomic E-state index is 12.4. The fraction of sp³-hybridized carbons (Fsp3) is 0.529. The van der Waals surface area contributed by atoms with Crippen LogP contribution in [0.4, 0.5) is 5.69 Å². The summed E-state index contributed by atoms with van der Waals surface area (Å²) in [5, 5.41) is 2.89. The van der Waals surface area contributed by atoms with Crippen LogP contribution in [-0.4, -0.2) is 24.0 Å². The predicted octanol–water partition coefficient (Wildman–Crippen LogP) is 3.13. The SMILES string of the molecule is CCOC(=O)c1ccc(NC(=O)C2CCCCC2(C)N)cc1.Cl. The van der Waals surface area contributed by atoms with Crippen molar-refractivity contribution >= 4 is 30.0 Å². The van der Waals surface area contributed by atoms with Crippen LogP contribution in [0.25, 0.3) is 0 Å². The van der Waals surface area contributed by atoms with Crippen molar-refractivity contribution in [2.75, 3.05) is 11.9 Å². The van der Waals surface area contributed by atoms with E-state index in [0.717, 1.165) is 25.7 Å². The van der Waals surface area contributed by atoms with Gasteiger partial charge in [0.1, 0.15) is 0 Å². The lowest BCUT2D eigenvalue weighted by Gasteiger charge is -2.37. The predicted molar refractivity (Wildman–Crippen MR) is 92.8 cm³/mol. The van der Waals surface area contributed by atoms with Crippen LogP contribution in [0.15, 0.2) is 24.3 Å². The second-order valence-electron chi connectivity index (χ2n) is 6.09. The first-order chi connectivity index (χ1) is 10.4. The van der Waals surface area contributed by atoms with E-state index < -0.39 is 5.54 Å². The number of anilines is 1. The molecule has 1 aromatic rings. The highest BCUT2D eigenvalue weighted by atomic mass is 35.5. The lowest BCUT2D eigenvalue weighted by atomic mass is 9.74. The Morgan fingerprint density at radius 1 is 1.30 bits per heavy atom. The highest BCUT2D eigenvalue weighted by molar-refractivity contribution is 5.94. The first-order valence-electron chi connectivity index (χ1n) is 7.81. The number of amides is 1. The number of rotatable bonds is 4. The molecule has 0 saturated heterocycles. The zero-order valence-electron chi connectivity index (χ0n) is 13.6. The van der Waals surface area contributed by atoms with Crippen LogP contribution in [0.5, 0.6) is 0 Å². The van der Waals surface area contributed by atoms with Crippen LogP contribution in [-0.2, 0) is 9.53 Å². The first-order valence-corrected chi connectivity index (χ1v) is 7.81. The molecular weight excluding hydrogens is 316 g/mol. The van der Waals surface area contributed by atoms with Crippen molar-refractivity contribution in [3.63, 3.8) is 0 Å². The third-order valence-corrected chi connectivity index (χ3v) is 4.23. The van der Waals surface area contributed by atoms with E-state index >= 15 is 0 Å². The minimum absolute atomic E-state index is 0. The van der Waals surface area contributed by atoms with Crippen molar-refractivity contribution < 1.29 is 14.3 Å². The largest absolute Gasteiger partial charge is 0.462 e. The van der Waals surface area contributed by atoms with E-state index in [1.165, 1.54) is 0 Å². The number of esters is 1. The maximum Gasteiger partial charge on any atom is 0.338 e. The standard InChI is InChI=1S/C17H24N2O3.ClH/c1-3-22-16(21)12-7-9-13(10-8-12)19-15(20)14-6-4-5-11-17(14,2)18;/h7-10,14H,3-6,11,18H2,1-2H3,(H,19,20);1H. The normalized spacial score (nSPS) is 23.5. The monoisotopic (exact) mass is 340 g/mol. The highest BCUT2D eigenvalue weighted by Crippen LogP contribution is 2.32. The Hall–Kier alpha value is -1.59. The van der Waals surface area contributed by atoms with E-state index in [-0.39, 0.29) is 30.2 Å². The van der Waals surface area contributed by atoms with Crippen LogP contribution in [0.2, 0.25) is 0 Å². The molecule has 0 bridgehead atoms. The summed E-state index contributed by atoms with van der Waals surface area (Å²) in [7, 11) is 0. The molecule has 0 aliphatic heterocycles. The van der Waals surface area contributed by atoms with Gasteiger partial charge in [0.25, 0.3) is 0 Å². The Morgan fingerprint density at radius 3 is 2.52 bits per heavy atom. The fourth-order valence-corrected chi connectivity index (χ4v) is 2.92. The van der Waals surface area contributed by atoms with Gasteiger partial charge in [-0.15, -0.1) is 12.4 Å². The zero-order valence-corrected chi connectivity index (χ0v) is 14.4. The molecule has 1 saturated carbocycles. The van der Waals surface area contributed by atoms with Crippen molar-refractivity contribution in [2.45, 2.75) is 45.1 Å². The number of halogens is 1. The minimum atomic E-state index is -0.451. The molecule has 0 heterocycles. The zero-order chi connectivity index (χ0) is 16.2. The van der Waals surface area contributed by atoms with Gasteiger partial charge in [-0.25, -0.2) is 4.79 Å². The Morgan fingerprint density at radius 2 is 1.96 bits per heavy atom. The van der Waals surface area contributed by atoms with Gasteiger partial charge < -0.3 is 15.8 Å². The number of hydrogen-bond acceptors (Lipinski definition) is 4. The molecule has 1 amide bonds. The average Bonchev–Trinajstić information content (AvgIpc) is 2.47. The van der Waals surface area contributed by atoms with Gasteiger partial charge in [0, 0.05) is 11.2 Å². The molecule has 23 heavy (non-hydrogen) atoms. The van der Waals surface area contributed by atoms with Gasteiger partial charge in [-0.2, -0.15) is 0 Å². The second-order valence-corrected chi connectivity index (χ2v) is 6.09. The Bertz CT molecular complexity index is 543. The van der Waals surface area contributed by atoms with Crippen molar-refractivity contribution in [3.05, 3.63) is 29.8 Å². The summed E-state index contributed by atoms with van der Waals surface area (Å²) in [6.07, 6.45) is 3.80. The number of carbonyl (C=O) groups is 2. The van der Waals surface area contributed by atoms with Crippen molar-refractivity contribution in [1.82, 2.24) is 0 Å². The van der Waals surface area contributed by atoms with E-state index in [2.05, 4.69) is 5.32 Å². The quantitative estimate of drug-likeness (QED) is 0.825. The van der Waals surface area contributed by atoms with Gasteiger partial charge in [-0.05, 0) is 51.0 Å². The topological polar surface area (TPSA) is 81.4 Å². The van der Waals surface area contributed by atoms with Gasteiger partial charge in [-0.1, -0.05) is 12.8 Å². The molecule has 0 aromatic heterocycles. The van der Waals surface area contributed by atoms with Crippen LogP contribution >= 0.6 is 12.4 Å². The highest BCUT2D eigenvalue weighted by Gasteiger charge is 2.37. The van der Waals surface area contributed by atoms with Crippen molar-refractivity contribution in [2.24, 2.45) is 11.7 Å². The van der Waals surface area contributed by atoms with E-state index in [1.54, 1.807) is 31.2 Å². The summed E-state index contributed by atoms with van der Waals surface area (Å²) in [4.78, 5) is 24.0. The summed E-state index contributed by atoms with van der Waals surface area (Å²) >= 11 is 0. The van der Waals surface area contributed by atoms with E-state index in [4.69, 9.17) is 10.5 Å². The third-order valence-electron chi connectivity index (χ3n) is 4.23. The second kappa shape index (κ2) is 8.31. The van der Waals surface area contributed by atoms with Crippen molar-refractivity contribution in [1.29, 1.82) is 0 Å². The molecule has 1 fully saturated rings. The summed E-state index contributed by atoms with van der Waals surface area (Å²) < 4.78 is 4.93.